The molecule has 0 fully saturated rings. The fourth-order valence-electron chi connectivity index (χ4n) is 2.08. The molecule has 24 heavy (non-hydrogen) atoms. The van der Waals surface area contributed by atoms with Gasteiger partial charge in [0.15, 0.2) is 6.04 Å². The molecule has 7 heteroatoms. The number of rotatable bonds is 6. The van der Waals surface area contributed by atoms with Crippen molar-refractivity contribution in [3.05, 3.63) is 64.7 Å². The van der Waals surface area contributed by atoms with Crippen molar-refractivity contribution < 1.29 is 24.2 Å². The minimum Gasteiger partial charge on any atom is -0.496 e. The minimum absolute atomic E-state index is 0.0385. The van der Waals surface area contributed by atoms with Crippen molar-refractivity contribution in [2.45, 2.75) is 12.6 Å². The van der Waals surface area contributed by atoms with Crippen molar-refractivity contribution in [2.75, 3.05) is 7.11 Å². The Morgan fingerprint density at radius 1 is 1.21 bits per heavy atom. The predicted octanol–water partition coefficient (Wildman–Crippen LogP) is 3.40. The van der Waals surface area contributed by atoms with Crippen LogP contribution in [0.2, 0.25) is 5.02 Å². The Morgan fingerprint density at radius 2 is 1.92 bits per heavy atom. The number of halogens is 1. The molecule has 0 heterocycles. The molecule has 2 aromatic carbocycles. The molecule has 0 radical (unpaired) electrons. The van der Waals surface area contributed by atoms with Gasteiger partial charge in [0.05, 0.1) is 7.11 Å². The van der Waals surface area contributed by atoms with E-state index in [1.165, 1.54) is 25.3 Å². The maximum Gasteiger partial charge on any atom is 0.408 e. The van der Waals surface area contributed by atoms with E-state index in [1.54, 1.807) is 12.1 Å². The summed E-state index contributed by atoms with van der Waals surface area (Å²) in [5.41, 5.74) is 1.06. The van der Waals surface area contributed by atoms with Crippen LogP contribution in [0, 0.1) is 0 Å². The maximum absolute atomic E-state index is 11.9. The number of methoxy groups -OCH3 is 1. The summed E-state index contributed by atoms with van der Waals surface area (Å²) < 4.78 is 10.2. The quantitative estimate of drug-likeness (QED) is 0.834. The van der Waals surface area contributed by atoms with Gasteiger partial charge < -0.3 is 19.9 Å². The van der Waals surface area contributed by atoms with Crippen LogP contribution in [0.1, 0.15) is 17.2 Å². The Hall–Kier alpha value is -2.73. The van der Waals surface area contributed by atoms with Crippen LogP contribution >= 0.6 is 11.6 Å². The summed E-state index contributed by atoms with van der Waals surface area (Å²) in [6.45, 7) is 0.0385. The molecule has 126 valence electrons. The van der Waals surface area contributed by atoms with E-state index in [1.807, 2.05) is 18.2 Å². The molecular weight excluding hydrogens is 334 g/mol. The molecule has 0 aliphatic rings. The third-order valence-corrected chi connectivity index (χ3v) is 3.46. The number of carbonyl (C=O) groups excluding carboxylic acids is 1. The third-order valence-electron chi connectivity index (χ3n) is 3.23. The van der Waals surface area contributed by atoms with Crippen molar-refractivity contribution in [1.29, 1.82) is 0 Å². The fourth-order valence-corrected chi connectivity index (χ4v) is 2.24. The maximum atomic E-state index is 11.9. The number of benzene rings is 2. The van der Waals surface area contributed by atoms with Crippen LogP contribution < -0.4 is 10.1 Å². The second-order valence-corrected chi connectivity index (χ2v) is 5.30. The smallest absolute Gasteiger partial charge is 0.408 e. The standard InChI is InChI=1S/C17H16ClNO5/c1-23-14-9-12(18)7-8-13(14)15(16(20)21)19-17(22)24-10-11-5-3-2-4-6-11/h2-9,15H,10H2,1H3,(H,19,22)(H,20,21). The molecule has 6 nitrogen and oxygen atoms in total. The average Bonchev–Trinajstić information content (AvgIpc) is 2.58. The Bertz CT molecular complexity index is 720. The zero-order valence-electron chi connectivity index (χ0n) is 12.9. The van der Waals surface area contributed by atoms with Crippen LogP contribution in [0.4, 0.5) is 4.79 Å². The number of carbonyl (C=O) groups is 2. The zero-order valence-corrected chi connectivity index (χ0v) is 13.6. The zero-order chi connectivity index (χ0) is 17.5. The highest BCUT2D eigenvalue weighted by Crippen LogP contribution is 2.28. The van der Waals surface area contributed by atoms with Gasteiger partial charge >= 0.3 is 12.1 Å². The molecule has 0 saturated heterocycles. The molecule has 0 bridgehead atoms. The van der Waals surface area contributed by atoms with E-state index in [9.17, 15) is 14.7 Å². The van der Waals surface area contributed by atoms with Crippen molar-refractivity contribution in [2.24, 2.45) is 0 Å². The van der Waals surface area contributed by atoms with Gasteiger partial charge in [0.25, 0.3) is 0 Å². The number of nitrogens with one attached hydrogen (secondary N) is 1. The molecule has 2 N–H and O–H groups in total. The summed E-state index contributed by atoms with van der Waals surface area (Å²) in [6, 6.07) is 12.2. The Balaban J connectivity index is 2.08. The molecule has 2 aromatic rings. The monoisotopic (exact) mass is 349 g/mol. The van der Waals surface area contributed by atoms with Crippen LogP contribution in [0.3, 0.4) is 0 Å². The van der Waals surface area contributed by atoms with Gasteiger partial charge in [-0.25, -0.2) is 9.59 Å². The van der Waals surface area contributed by atoms with E-state index in [4.69, 9.17) is 21.1 Å². The lowest BCUT2D eigenvalue weighted by molar-refractivity contribution is -0.139. The molecular formula is C17H16ClNO5. The third kappa shape index (κ3) is 4.63. The highest BCUT2D eigenvalue weighted by atomic mass is 35.5. The number of alkyl carbamates (subject to hydrolysis) is 1. The molecule has 1 amide bonds. The topological polar surface area (TPSA) is 84.9 Å². The molecule has 0 aliphatic heterocycles. The number of aliphatic carboxylic acids is 1. The lowest BCUT2D eigenvalue weighted by Crippen LogP contribution is -2.34. The van der Waals surface area contributed by atoms with E-state index < -0.39 is 18.1 Å². The van der Waals surface area contributed by atoms with Gasteiger partial charge in [0, 0.05) is 10.6 Å². The van der Waals surface area contributed by atoms with Gasteiger partial charge in [-0.2, -0.15) is 0 Å². The van der Waals surface area contributed by atoms with Crippen molar-refractivity contribution in [1.82, 2.24) is 5.32 Å². The van der Waals surface area contributed by atoms with Gasteiger partial charge in [0.1, 0.15) is 12.4 Å². The van der Waals surface area contributed by atoms with Gasteiger partial charge in [-0.05, 0) is 17.7 Å². The first-order chi connectivity index (χ1) is 11.5. The molecule has 1 atom stereocenters. The molecule has 0 saturated carbocycles. The number of hydrogen-bond donors (Lipinski definition) is 2. The second-order valence-electron chi connectivity index (χ2n) is 4.86. The summed E-state index contributed by atoms with van der Waals surface area (Å²) >= 11 is 5.86. The molecule has 0 spiro atoms. The van der Waals surface area contributed by atoms with Crippen LogP contribution in [0.25, 0.3) is 0 Å². The molecule has 0 aromatic heterocycles. The highest BCUT2D eigenvalue weighted by molar-refractivity contribution is 6.30. The summed E-state index contributed by atoms with van der Waals surface area (Å²) in [5, 5.41) is 12.1. The first kappa shape index (κ1) is 17.6. The Kier molecular flexibility index (Phi) is 6.03. The van der Waals surface area contributed by atoms with Crippen LogP contribution in [0.5, 0.6) is 5.75 Å². The lowest BCUT2D eigenvalue weighted by Gasteiger charge is -2.17. The number of amides is 1. The normalized spacial score (nSPS) is 11.4. The molecule has 0 aliphatic carbocycles. The average molecular weight is 350 g/mol. The van der Waals surface area contributed by atoms with Crippen LogP contribution in [0.15, 0.2) is 48.5 Å². The highest BCUT2D eigenvalue weighted by Gasteiger charge is 2.26. The SMILES string of the molecule is COc1cc(Cl)ccc1C(NC(=O)OCc1ccccc1)C(=O)O. The molecule has 1 unspecified atom stereocenters. The minimum atomic E-state index is -1.32. The largest absolute Gasteiger partial charge is 0.496 e. The first-order valence-electron chi connectivity index (χ1n) is 7.04. The van der Waals surface area contributed by atoms with Gasteiger partial charge in [0.2, 0.25) is 0 Å². The fraction of sp³-hybridized carbons (Fsp3) is 0.176. The van der Waals surface area contributed by atoms with E-state index in [0.717, 1.165) is 5.56 Å². The summed E-state index contributed by atoms with van der Waals surface area (Å²) in [5.74, 6) is -0.981. The summed E-state index contributed by atoms with van der Waals surface area (Å²) in [6.07, 6.45) is -0.844. The van der Waals surface area contributed by atoms with E-state index in [0.29, 0.717) is 5.02 Å². The van der Waals surface area contributed by atoms with E-state index in [2.05, 4.69) is 5.32 Å². The first-order valence-corrected chi connectivity index (χ1v) is 7.42. The lowest BCUT2D eigenvalue weighted by atomic mass is 10.1. The van der Waals surface area contributed by atoms with Gasteiger partial charge in [-0.15, -0.1) is 0 Å². The van der Waals surface area contributed by atoms with Crippen molar-refractivity contribution in [3.8, 4) is 5.75 Å². The van der Waals surface area contributed by atoms with E-state index >= 15 is 0 Å². The van der Waals surface area contributed by atoms with Gasteiger partial charge in [-0.3, -0.25) is 0 Å². The van der Waals surface area contributed by atoms with Crippen LogP contribution in [-0.2, 0) is 16.1 Å². The number of carboxylic acid groups (broad SMARTS) is 1. The Labute approximate surface area is 144 Å². The molecule has 2 rings (SSSR count). The summed E-state index contributed by atoms with van der Waals surface area (Å²) in [7, 11) is 1.39. The summed E-state index contributed by atoms with van der Waals surface area (Å²) in [4.78, 5) is 23.4. The predicted molar refractivity (Wildman–Crippen MR) is 88.1 cm³/mol. The number of ether oxygens (including phenoxy) is 2. The Morgan fingerprint density at radius 3 is 2.54 bits per heavy atom. The van der Waals surface area contributed by atoms with E-state index in [-0.39, 0.29) is 17.9 Å². The van der Waals surface area contributed by atoms with Crippen molar-refractivity contribution >= 4 is 23.7 Å². The van der Waals surface area contributed by atoms with Crippen molar-refractivity contribution in [3.63, 3.8) is 0 Å². The number of hydrogen-bond acceptors (Lipinski definition) is 4. The van der Waals surface area contributed by atoms with Crippen LogP contribution in [-0.4, -0.2) is 24.3 Å². The second kappa shape index (κ2) is 8.21. The number of carboxylic acids is 1. The van der Waals surface area contributed by atoms with Gasteiger partial charge in [-0.1, -0.05) is 48.0 Å².